The second-order valence-electron chi connectivity index (χ2n) is 7.94. The van der Waals surface area contributed by atoms with Crippen molar-refractivity contribution in [3.05, 3.63) is 61.3 Å². The van der Waals surface area contributed by atoms with E-state index in [1.807, 2.05) is 6.92 Å². The van der Waals surface area contributed by atoms with Gasteiger partial charge in [0.25, 0.3) is 5.56 Å². The number of rotatable bonds is 10. The maximum absolute atomic E-state index is 13.6. The maximum Gasteiger partial charge on any atom is 0.459 e. The van der Waals surface area contributed by atoms with Gasteiger partial charge in [0.2, 0.25) is 0 Å². The fourth-order valence-corrected chi connectivity index (χ4v) is 5.29. The van der Waals surface area contributed by atoms with Crippen LogP contribution in [0.5, 0.6) is 5.75 Å². The number of benzene rings is 1. The molecule has 1 unspecified atom stereocenters. The number of esters is 1. The van der Waals surface area contributed by atoms with Gasteiger partial charge in [-0.3, -0.25) is 23.7 Å². The van der Waals surface area contributed by atoms with Gasteiger partial charge in [-0.05, 0) is 32.4 Å². The average Bonchev–Trinajstić information content (AvgIpc) is 3.15. The van der Waals surface area contributed by atoms with Gasteiger partial charge < -0.3 is 14.0 Å². The zero-order valence-electron chi connectivity index (χ0n) is 19.2. The van der Waals surface area contributed by atoms with E-state index in [9.17, 15) is 18.9 Å². The van der Waals surface area contributed by atoms with Gasteiger partial charge in [0.15, 0.2) is 0 Å². The molecule has 2 N–H and O–H groups in total. The molecule has 2 heterocycles. The van der Waals surface area contributed by atoms with E-state index in [0.717, 1.165) is 0 Å². The Morgan fingerprint density at radius 1 is 1.31 bits per heavy atom. The molecular weight excluding hydrogens is 524 g/mol. The number of carbonyl (C=O) groups excluding carboxylic acids is 1. The Morgan fingerprint density at radius 3 is 2.71 bits per heavy atom. The molecule has 3 rings (SSSR count). The number of nitrogens with zero attached hydrogens (tertiary/aromatic N) is 1. The molecule has 0 bridgehead atoms. The molecule has 0 amide bonds. The molecule has 1 aromatic heterocycles. The highest BCUT2D eigenvalue weighted by Crippen LogP contribution is 2.47. The predicted octanol–water partition coefficient (Wildman–Crippen LogP) is 3.51. The van der Waals surface area contributed by atoms with Crippen molar-refractivity contribution < 1.29 is 27.9 Å². The summed E-state index contributed by atoms with van der Waals surface area (Å²) in [5, 5.41) is 3.02. The highest BCUT2D eigenvalue weighted by Gasteiger charge is 2.38. The van der Waals surface area contributed by atoms with Crippen LogP contribution >= 0.6 is 30.9 Å². The summed E-state index contributed by atoms with van der Waals surface area (Å²) in [6.07, 6.45) is 0.608. The summed E-state index contributed by atoms with van der Waals surface area (Å²) >= 11 is 12.0. The Balaban J connectivity index is 1.74. The van der Waals surface area contributed by atoms with Crippen LogP contribution in [0.1, 0.15) is 33.4 Å². The number of carbonyl (C=O) groups is 1. The number of halogens is 2. The number of hydrogen-bond donors (Lipinski definition) is 2. The van der Waals surface area contributed by atoms with Crippen molar-refractivity contribution in [2.24, 2.45) is 5.92 Å². The predicted molar refractivity (Wildman–Crippen MR) is 129 cm³/mol. The first-order valence-electron chi connectivity index (χ1n) is 10.8. The topological polar surface area (TPSA) is 138 Å². The van der Waals surface area contributed by atoms with Crippen LogP contribution in [-0.2, 0) is 23.4 Å². The smallest absolute Gasteiger partial charge is 0.459 e. The zero-order chi connectivity index (χ0) is 25.8. The van der Waals surface area contributed by atoms with E-state index in [2.05, 4.69) is 10.1 Å². The van der Waals surface area contributed by atoms with E-state index in [-0.39, 0.29) is 34.9 Å². The molecule has 1 aromatic carbocycles. The number of nitrogens with one attached hydrogen (secondary N) is 2. The van der Waals surface area contributed by atoms with Crippen LogP contribution < -0.4 is 20.9 Å². The molecule has 0 aliphatic carbocycles. The van der Waals surface area contributed by atoms with E-state index in [1.54, 1.807) is 6.92 Å². The van der Waals surface area contributed by atoms with Crippen molar-refractivity contribution in [3.63, 3.8) is 0 Å². The van der Waals surface area contributed by atoms with E-state index in [4.69, 9.17) is 41.7 Å². The van der Waals surface area contributed by atoms with Gasteiger partial charge in [-0.2, -0.15) is 5.09 Å². The Morgan fingerprint density at radius 2 is 2.06 bits per heavy atom. The Labute approximate surface area is 211 Å². The van der Waals surface area contributed by atoms with Gasteiger partial charge in [0, 0.05) is 24.2 Å². The molecule has 11 nitrogen and oxygen atoms in total. The standard InChI is InChI=1S/C21H26Cl2N3O8P/c1-4-31-20(28)13(3)25-35(30,34-14-5-6-16(22)17(23)10-14)32-11-15-9-12(2)19(33-15)26-8-7-18(27)24-21(26)29/h5-8,10,12-13,15,19H,4,9,11H2,1-3H3,(H,25,30)(H,24,27,29)/t12-,13+,15-,19-,35?/m1/s1. The minimum absolute atomic E-state index is 0.102. The normalized spacial score (nSPS) is 22.4. The lowest BCUT2D eigenvalue weighted by molar-refractivity contribution is -0.144. The number of ether oxygens (including phenoxy) is 2. The van der Waals surface area contributed by atoms with Gasteiger partial charge in [-0.15, -0.1) is 0 Å². The highest BCUT2D eigenvalue weighted by atomic mass is 35.5. The van der Waals surface area contributed by atoms with Crippen molar-refractivity contribution >= 4 is 36.9 Å². The van der Waals surface area contributed by atoms with Crippen LogP contribution in [0.4, 0.5) is 0 Å². The van der Waals surface area contributed by atoms with E-state index >= 15 is 0 Å². The lowest BCUT2D eigenvalue weighted by Crippen LogP contribution is -2.35. The molecule has 0 saturated carbocycles. The highest BCUT2D eigenvalue weighted by molar-refractivity contribution is 7.52. The second kappa shape index (κ2) is 11.7. The molecule has 5 atom stereocenters. The van der Waals surface area contributed by atoms with Crippen molar-refractivity contribution in [1.82, 2.24) is 14.6 Å². The van der Waals surface area contributed by atoms with Gasteiger partial charge in [0.1, 0.15) is 18.0 Å². The van der Waals surface area contributed by atoms with Crippen LogP contribution in [0.15, 0.2) is 40.1 Å². The lowest BCUT2D eigenvalue weighted by Gasteiger charge is -2.24. The third-order valence-corrected chi connectivity index (χ3v) is 7.50. The Hall–Kier alpha value is -2.14. The molecular formula is C21H26Cl2N3O8P. The van der Waals surface area contributed by atoms with Gasteiger partial charge in [0.05, 0.1) is 29.4 Å². The number of H-pyrrole nitrogens is 1. The fourth-order valence-electron chi connectivity index (χ4n) is 3.49. The first-order chi connectivity index (χ1) is 16.5. The number of aromatic nitrogens is 2. The summed E-state index contributed by atoms with van der Waals surface area (Å²) in [6.45, 7) is 4.94. The minimum Gasteiger partial charge on any atom is -0.465 e. The van der Waals surface area contributed by atoms with Crippen molar-refractivity contribution in [2.75, 3.05) is 13.2 Å². The summed E-state index contributed by atoms with van der Waals surface area (Å²) in [7, 11) is -4.14. The summed E-state index contributed by atoms with van der Waals surface area (Å²) in [4.78, 5) is 37.8. The molecule has 14 heteroatoms. The summed E-state index contributed by atoms with van der Waals surface area (Å²) in [6, 6.07) is 4.49. The summed E-state index contributed by atoms with van der Waals surface area (Å²) in [5.41, 5.74) is -1.12. The SMILES string of the molecule is CCOC(=O)[C@H](C)NP(=O)(OC[C@H]1C[C@@H](C)[C@H](n2ccc(=O)[nH]c2=O)O1)Oc1ccc(Cl)c(Cl)c1. The van der Waals surface area contributed by atoms with Gasteiger partial charge >= 0.3 is 19.4 Å². The molecule has 1 aliphatic heterocycles. The number of aromatic amines is 1. The zero-order valence-corrected chi connectivity index (χ0v) is 21.6. The Bertz CT molecular complexity index is 1220. The fraction of sp³-hybridized carbons (Fsp3) is 0.476. The van der Waals surface area contributed by atoms with Crippen molar-refractivity contribution in [1.29, 1.82) is 0 Å². The largest absolute Gasteiger partial charge is 0.465 e. The van der Waals surface area contributed by atoms with Crippen LogP contribution in [0.2, 0.25) is 10.0 Å². The maximum atomic E-state index is 13.6. The van der Waals surface area contributed by atoms with Crippen LogP contribution in [0.25, 0.3) is 0 Å². The summed E-state index contributed by atoms with van der Waals surface area (Å²) < 4.78 is 37.0. The van der Waals surface area contributed by atoms with E-state index in [0.29, 0.717) is 6.42 Å². The average molecular weight is 550 g/mol. The summed E-state index contributed by atoms with van der Waals surface area (Å²) in [5.74, 6) is -0.657. The molecule has 1 saturated heterocycles. The molecule has 0 radical (unpaired) electrons. The lowest BCUT2D eigenvalue weighted by atomic mass is 10.1. The third-order valence-electron chi connectivity index (χ3n) is 5.12. The van der Waals surface area contributed by atoms with Gasteiger partial charge in [-0.25, -0.2) is 9.36 Å². The van der Waals surface area contributed by atoms with Crippen molar-refractivity contribution in [2.45, 2.75) is 45.6 Å². The molecule has 35 heavy (non-hydrogen) atoms. The van der Waals surface area contributed by atoms with Crippen LogP contribution in [0.3, 0.4) is 0 Å². The first kappa shape index (κ1) is 27.4. The quantitative estimate of drug-likeness (QED) is 0.336. The molecule has 1 fully saturated rings. The van der Waals surface area contributed by atoms with Crippen LogP contribution in [-0.4, -0.2) is 40.9 Å². The monoisotopic (exact) mass is 549 g/mol. The first-order valence-corrected chi connectivity index (χ1v) is 13.1. The molecule has 192 valence electrons. The molecule has 0 spiro atoms. The minimum atomic E-state index is -4.14. The Kier molecular flexibility index (Phi) is 9.20. The van der Waals surface area contributed by atoms with E-state index < -0.39 is 43.3 Å². The number of hydrogen-bond acceptors (Lipinski definition) is 8. The second-order valence-corrected chi connectivity index (χ2v) is 10.5. The van der Waals surface area contributed by atoms with E-state index in [1.165, 1.54) is 42.0 Å². The molecule has 2 aromatic rings. The third kappa shape index (κ3) is 7.19. The molecule has 1 aliphatic rings. The van der Waals surface area contributed by atoms with Gasteiger partial charge in [-0.1, -0.05) is 30.1 Å². The van der Waals surface area contributed by atoms with Crippen molar-refractivity contribution in [3.8, 4) is 5.75 Å². The van der Waals surface area contributed by atoms with Crippen LogP contribution in [0, 0.1) is 5.92 Å².